The molecule has 1 aliphatic heterocycles. The fourth-order valence-electron chi connectivity index (χ4n) is 2.21. The number of benzene rings is 1. The molecule has 96 valence electrons. The van der Waals surface area contributed by atoms with Crippen molar-refractivity contribution < 1.29 is 9.90 Å². The topological polar surface area (TPSA) is 66.3 Å². The summed E-state index contributed by atoms with van der Waals surface area (Å²) in [6.07, 6.45) is 1.49. The molecule has 1 aromatic heterocycles. The minimum atomic E-state index is -0.891. The van der Waals surface area contributed by atoms with E-state index in [1.54, 1.807) is 6.20 Å². The summed E-state index contributed by atoms with van der Waals surface area (Å²) in [6.45, 7) is 0.868. The summed E-state index contributed by atoms with van der Waals surface area (Å²) in [4.78, 5) is 21.2. The smallest absolute Gasteiger partial charge is 0.407 e. The van der Waals surface area contributed by atoms with Gasteiger partial charge in [-0.15, -0.1) is 0 Å². The first-order chi connectivity index (χ1) is 9.24. The van der Waals surface area contributed by atoms with Crippen molar-refractivity contribution in [2.45, 2.75) is 13.0 Å². The van der Waals surface area contributed by atoms with Gasteiger partial charge in [0.15, 0.2) is 5.82 Å². The van der Waals surface area contributed by atoms with Crippen LogP contribution in [0.5, 0.6) is 0 Å². The number of amides is 1. The Bertz CT molecular complexity index is 613. The lowest BCUT2D eigenvalue weighted by atomic mass is 10.1. The average molecular weight is 255 g/mol. The Morgan fingerprint density at radius 2 is 2.05 bits per heavy atom. The molecule has 2 aromatic rings. The monoisotopic (exact) mass is 255 g/mol. The van der Waals surface area contributed by atoms with E-state index >= 15 is 0 Å². The fourth-order valence-corrected chi connectivity index (χ4v) is 2.21. The molecule has 0 spiro atoms. The highest BCUT2D eigenvalue weighted by molar-refractivity contribution is 5.65. The molecule has 1 amide bonds. The highest BCUT2D eigenvalue weighted by atomic mass is 16.4. The molecule has 1 aromatic carbocycles. The number of rotatable bonds is 1. The van der Waals surface area contributed by atoms with E-state index in [1.165, 1.54) is 4.90 Å². The van der Waals surface area contributed by atoms with Gasteiger partial charge in [-0.25, -0.2) is 14.8 Å². The third-order valence-electron chi connectivity index (χ3n) is 3.24. The van der Waals surface area contributed by atoms with Gasteiger partial charge in [0.2, 0.25) is 0 Å². The Balaban J connectivity index is 1.92. The Morgan fingerprint density at radius 1 is 1.26 bits per heavy atom. The van der Waals surface area contributed by atoms with Crippen LogP contribution < -0.4 is 0 Å². The van der Waals surface area contributed by atoms with Crippen LogP contribution in [0.15, 0.2) is 36.5 Å². The van der Waals surface area contributed by atoms with Crippen LogP contribution in [-0.4, -0.2) is 32.6 Å². The zero-order chi connectivity index (χ0) is 13.2. The van der Waals surface area contributed by atoms with Gasteiger partial charge in [-0.2, -0.15) is 0 Å². The van der Waals surface area contributed by atoms with E-state index in [-0.39, 0.29) is 0 Å². The molecule has 0 saturated carbocycles. The average Bonchev–Trinajstić information content (AvgIpc) is 2.47. The van der Waals surface area contributed by atoms with Crippen molar-refractivity contribution in [1.29, 1.82) is 0 Å². The molecule has 0 atom stereocenters. The fraction of sp³-hybridized carbons (Fsp3) is 0.214. The first-order valence-corrected chi connectivity index (χ1v) is 6.12. The highest BCUT2D eigenvalue weighted by Gasteiger charge is 2.21. The number of carboxylic acid groups (broad SMARTS) is 1. The largest absolute Gasteiger partial charge is 0.465 e. The van der Waals surface area contributed by atoms with Crippen LogP contribution in [0.25, 0.3) is 11.4 Å². The summed E-state index contributed by atoms with van der Waals surface area (Å²) in [7, 11) is 0. The van der Waals surface area contributed by atoms with Crippen molar-refractivity contribution in [2.24, 2.45) is 0 Å². The first kappa shape index (κ1) is 11.6. The summed E-state index contributed by atoms with van der Waals surface area (Å²) < 4.78 is 0. The van der Waals surface area contributed by atoms with Crippen molar-refractivity contribution in [1.82, 2.24) is 14.9 Å². The first-order valence-electron chi connectivity index (χ1n) is 6.12. The Labute approximate surface area is 110 Å². The van der Waals surface area contributed by atoms with E-state index in [1.807, 2.05) is 30.3 Å². The zero-order valence-electron chi connectivity index (χ0n) is 10.3. The van der Waals surface area contributed by atoms with Gasteiger partial charge in [0, 0.05) is 30.3 Å². The maximum absolute atomic E-state index is 10.9. The molecule has 3 rings (SSSR count). The standard InChI is InChI=1S/C14H13N3O2/c18-14(19)17-7-6-12-11(9-17)8-15-13(16-12)10-4-2-1-3-5-10/h1-5,8H,6-7,9H2,(H,18,19). The molecule has 1 aliphatic rings. The van der Waals surface area contributed by atoms with Gasteiger partial charge in [0.1, 0.15) is 0 Å². The number of hydrogen-bond acceptors (Lipinski definition) is 3. The Kier molecular flexibility index (Phi) is 2.87. The molecule has 0 fully saturated rings. The summed E-state index contributed by atoms with van der Waals surface area (Å²) in [6, 6.07) is 9.78. The number of carbonyl (C=O) groups is 1. The minimum Gasteiger partial charge on any atom is -0.465 e. The second kappa shape index (κ2) is 4.68. The molecule has 0 unspecified atom stereocenters. The highest BCUT2D eigenvalue weighted by Crippen LogP contribution is 2.20. The third-order valence-corrected chi connectivity index (χ3v) is 3.24. The molecule has 0 saturated heterocycles. The van der Waals surface area contributed by atoms with Crippen molar-refractivity contribution in [3.63, 3.8) is 0 Å². The van der Waals surface area contributed by atoms with E-state index < -0.39 is 6.09 Å². The lowest BCUT2D eigenvalue weighted by molar-refractivity contribution is 0.139. The van der Waals surface area contributed by atoms with Crippen LogP contribution >= 0.6 is 0 Å². The number of hydrogen-bond donors (Lipinski definition) is 1. The summed E-state index contributed by atoms with van der Waals surface area (Å²) in [5, 5.41) is 8.98. The lowest BCUT2D eigenvalue weighted by Crippen LogP contribution is -2.35. The quantitative estimate of drug-likeness (QED) is 0.848. The van der Waals surface area contributed by atoms with Gasteiger partial charge in [0.25, 0.3) is 0 Å². The Morgan fingerprint density at radius 3 is 2.79 bits per heavy atom. The van der Waals surface area contributed by atoms with E-state index in [0.717, 1.165) is 16.8 Å². The van der Waals surface area contributed by atoms with Crippen molar-refractivity contribution >= 4 is 6.09 Å². The lowest BCUT2D eigenvalue weighted by Gasteiger charge is -2.25. The van der Waals surface area contributed by atoms with Crippen LogP contribution in [0, 0.1) is 0 Å². The molecule has 19 heavy (non-hydrogen) atoms. The van der Waals surface area contributed by atoms with Crippen LogP contribution in [-0.2, 0) is 13.0 Å². The zero-order valence-corrected chi connectivity index (χ0v) is 10.3. The van der Waals surface area contributed by atoms with Crippen LogP contribution in [0.4, 0.5) is 4.79 Å². The number of aromatic nitrogens is 2. The molecule has 5 nitrogen and oxygen atoms in total. The van der Waals surface area contributed by atoms with Crippen LogP contribution in [0.2, 0.25) is 0 Å². The Hall–Kier alpha value is -2.43. The number of nitrogens with zero attached hydrogens (tertiary/aromatic N) is 3. The summed E-state index contributed by atoms with van der Waals surface area (Å²) >= 11 is 0. The molecular formula is C14H13N3O2. The van der Waals surface area contributed by atoms with Crippen molar-refractivity contribution in [3.05, 3.63) is 47.8 Å². The van der Waals surface area contributed by atoms with Crippen LogP contribution in [0.1, 0.15) is 11.3 Å². The number of fused-ring (bicyclic) bond motifs is 1. The molecule has 5 heteroatoms. The van der Waals surface area contributed by atoms with Gasteiger partial charge < -0.3 is 10.0 Å². The minimum absolute atomic E-state index is 0.375. The van der Waals surface area contributed by atoms with E-state index in [9.17, 15) is 4.79 Å². The van der Waals surface area contributed by atoms with Gasteiger partial charge in [-0.3, -0.25) is 0 Å². The molecule has 0 aliphatic carbocycles. The molecular weight excluding hydrogens is 242 g/mol. The van der Waals surface area contributed by atoms with E-state index in [4.69, 9.17) is 5.11 Å². The predicted octanol–water partition coefficient (Wildman–Crippen LogP) is 2.18. The maximum Gasteiger partial charge on any atom is 0.407 e. The predicted molar refractivity (Wildman–Crippen MR) is 69.6 cm³/mol. The SMILES string of the molecule is O=C(O)N1CCc2nc(-c3ccccc3)ncc2C1. The molecule has 0 radical (unpaired) electrons. The van der Waals surface area contributed by atoms with Gasteiger partial charge in [0.05, 0.1) is 12.2 Å². The maximum atomic E-state index is 10.9. The summed E-state index contributed by atoms with van der Waals surface area (Å²) in [5.74, 6) is 0.697. The second-order valence-electron chi connectivity index (χ2n) is 4.49. The van der Waals surface area contributed by atoms with Crippen molar-refractivity contribution in [2.75, 3.05) is 6.54 Å². The second-order valence-corrected chi connectivity index (χ2v) is 4.49. The molecule has 2 heterocycles. The third kappa shape index (κ3) is 2.27. The normalized spacial score (nSPS) is 14.0. The van der Waals surface area contributed by atoms with E-state index in [0.29, 0.717) is 25.3 Å². The molecule has 0 bridgehead atoms. The summed E-state index contributed by atoms with van der Waals surface area (Å²) in [5.41, 5.74) is 2.82. The van der Waals surface area contributed by atoms with Gasteiger partial charge >= 0.3 is 6.09 Å². The van der Waals surface area contributed by atoms with Crippen molar-refractivity contribution in [3.8, 4) is 11.4 Å². The van der Waals surface area contributed by atoms with E-state index in [2.05, 4.69) is 9.97 Å². The molecule has 1 N–H and O–H groups in total. The van der Waals surface area contributed by atoms with Gasteiger partial charge in [-0.1, -0.05) is 30.3 Å². The van der Waals surface area contributed by atoms with Gasteiger partial charge in [-0.05, 0) is 0 Å². The van der Waals surface area contributed by atoms with Crippen LogP contribution in [0.3, 0.4) is 0 Å².